The lowest BCUT2D eigenvalue weighted by atomic mass is 10.4. The van der Waals surface area contributed by atoms with Crippen molar-refractivity contribution in [1.82, 2.24) is 0 Å². The molecule has 0 aliphatic heterocycles. The molecule has 0 spiro atoms. The molecule has 5 heteroatoms. The largest absolute Gasteiger partial charge is 0.386 e. The summed E-state index contributed by atoms with van der Waals surface area (Å²) in [5.41, 5.74) is -0.250. The number of nitro groups is 1. The highest BCUT2D eigenvalue weighted by Crippen LogP contribution is 2.01. The van der Waals surface area contributed by atoms with Crippen LogP contribution in [0.3, 0.4) is 0 Å². The molecule has 0 aromatic heterocycles. The average molecular weight is 176 g/mol. The highest BCUT2D eigenvalue weighted by molar-refractivity contribution is 6.08. The molecule has 0 heterocycles. The Morgan fingerprint density at radius 1 is 1.55 bits per heavy atom. The summed E-state index contributed by atoms with van der Waals surface area (Å²) in [5, 5.41) is 9.95. The first kappa shape index (κ1) is 9.71. The van der Waals surface area contributed by atoms with Crippen molar-refractivity contribution in [1.29, 1.82) is 0 Å². The first-order valence-electron chi connectivity index (χ1n) is 2.56. The number of hydrogen-bond donors (Lipinski definition) is 0. The lowest BCUT2D eigenvalue weighted by molar-refractivity contribution is -0.418. The Balaban J connectivity index is 4.04. The van der Waals surface area contributed by atoms with E-state index in [9.17, 15) is 10.1 Å². The van der Waals surface area contributed by atoms with Crippen molar-refractivity contribution in [2.24, 2.45) is 0 Å². The SMILES string of the molecule is C=C(/C=C\C(=C)[N+](=O)[O-])OCl. The van der Waals surface area contributed by atoms with E-state index in [1.807, 2.05) is 0 Å². The van der Waals surface area contributed by atoms with Crippen molar-refractivity contribution < 1.29 is 9.21 Å². The van der Waals surface area contributed by atoms with Gasteiger partial charge in [-0.05, 0) is 12.7 Å². The second-order valence-electron chi connectivity index (χ2n) is 1.63. The monoisotopic (exact) mass is 175 g/mol. The third-order valence-corrected chi connectivity index (χ3v) is 0.993. The summed E-state index contributed by atoms with van der Waals surface area (Å²) in [6.45, 7) is 6.43. The maximum absolute atomic E-state index is 9.95. The van der Waals surface area contributed by atoms with Gasteiger partial charge in [-0.2, -0.15) is 0 Å². The van der Waals surface area contributed by atoms with Gasteiger partial charge in [0.05, 0.1) is 4.92 Å². The maximum atomic E-state index is 9.95. The van der Waals surface area contributed by atoms with E-state index in [0.29, 0.717) is 0 Å². The van der Waals surface area contributed by atoms with Gasteiger partial charge in [0.25, 0.3) is 5.70 Å². The van der Waals surface area contributed by atoms with Crippen LogP contribution in [0.4, 0.5) is 0 Å². The second-order valence-corrected chi connectivity index (χ2v) is 1.78. The third-order valence-electron chi connectivity index (χ3n) is 0.795. The molecule has 0 rings (SSSR count). The number of hydrogen-bond acceptors (Lipinski definition) is 3. The van der Waals surface area contributed by atoms with Gasteiger partial charge in [-0.15, -0.1) is 0 Å². The van der Waals surface area contributed by atoms with Gasteiger partial charge in [0.2, 0.25) is 0 Å². The molecule has 0 bridgehead atoms. The number of allylic oxidation sites excluding steroid dienone is 2. The summed E-state index contributed by atoms with van der Waals surface area (Å²) in [7, 11) is 0. The number of nitrogens with zero attached hydrogens (tertiary/aromatic N) is 1. The number of rotatable bonds is 4. The zero-order valence-corrected chi connectivity index (χ0v) is 6.37. The molecule has 0 aromatic carbocycles. The molecular formula is C6H6ClNO3. The normalized spacial score (nSPS) is 9.55. The molecule has 0 N–H and O–H groups in total. The summed E-state index contributed by atoms with van der Waals surface area (Å²) in [5.74, 6) is 0.120. The molecule has 0 aromatic rings. The van der Waals surface area contributed by atoms with Crippen molar-refractivity contribution in [3.05, 3.63) is 46.9 Å². The zero-order chi connectivity index (χ0) is 8.85. The van der Waals surface area contributed by atoms with Gasteiger partial charge in [0.1, 0.15) is 17.6 Å². The summed E-state index contributed by atoms with van der Waals surface area (Å²) >= 11 is 4.86. The van der Waals surface area contributed by atoms with Crippen LogP contribution >= 0.6 is 11.9 Å². The van der Waals surface area contributed by atoms with Crippen LogP contribution < -0.4 is 0 Å². The van der Waals surface area contributed by atoms with Crippen molar-refractivity contribution in [3.63, 3.8) is 0 Å². The van der Waals surface area contributed by atoms with Crippen LogP contribution in [0.1, 0.15) is 0 Å². The minimum absolute atomic E-state index is 0.120. The minimum atomic E-state index is -0.627. The second kappa shape index (κ2) is 4.51. The molecular weight excluding hydrogens is 170 g/mol. The van der Waals surface area contributed by atoms with E-state index in [1.54, 1.807) is 0 Å². The molecule has 0 aliphatic carbocycles. The fraction of sp³-hybridized carbons (Fsp3) is 0. The smallest absolute Gasteiger partial charge is 0.262 e. The Kier molecular flexibility index (Phi) is 3.98. The highest BCUT2D eigenvalue weighted by Gasteiger charge is 1.99. The van der Waals surface area contributed by atoms with Gasteiger partial charge in [0.15, 0.2) is 0 Å². The van der Waals surface area contributed by atoms with Crippen molar-refractivity contribution in [2.45, 2.75) is 0 Å². The molecule has 0 unspecified atom stereocenters. The van der Waals surface area contributed by atoms with Crippen molar-refractivity contribution in [3.8, 4) is 0 Å². The average Bonchev–Trinajstić information content (AvgIpc) is 1.99. The fourth-order valence-electron chi connectivity index (χ4n) is 0.276. The number of halogens is 1. The van der Waals surface area contributed by atoms with Gasteiger partial charge in [-0.3, -0.25) is 10.1 Å². The van der Waals surface area contributed by atoms with E-state index in [-0.39, 0.29) is 11.5 Å². The molecule has 60 valence electrons. The van der Waals surface area contributed by atoms with Gasteiger partial charge < -0.3 is 4.29 Å². The lowest BCUT2D eigenvalue weighted by Crippen LogP contribution is -1.92. The topological polar surface area (TPSA) is 52.4 Å². The lowest BCUT2D eigenvalue weighted by Gasteiger charge is -1.89. The first-order chi connectivity index (χ1) is 5.07. The van der Waals surface area contributed by atoms with Crippen LogP contribution in [-0.2, 0) is 4.29 Å². The summed E-state index contributed by atoms with van der Waals surface area (Å²) in [4.78, 5) is 9.32. The van der Waals surface area contributed by atoms with Crippen LogP contribution in [0.5, 0.6) is 0 Å². The first-order valence-corrected chi connectivity index (χ1v) is 2.87. The fourth-order valence-corrected chi connectivity index (χ4v) is 0.327. The predicted octanol–water partition coefficient (Wildman–Crippen LogP) is 2.02. The molecule has 0 fully saturated rings. The van der Waals surface area contributed by atoms with Crippen LogP contribution in [0.2, 0.25) is 0 Å². The van der Waals surface area contributed by atoms with Crippen LogP contribution in [0.25, 0.3) is 0 Å². The Morgan fingerprint density at radius 2 is 2.09 bits per heavy atom. The Morgan fingerprint density at radius 3 is 2.45 bits per heavy atom. The Labute approximate surface area is 68.7 Å². The Hall–Kier alpha value is -1.29. The summed E-state index contributed by atoms with van der Waals surface area (Å²) < 4.78 is 4.11. The molecule has 11 heavy (non-hydrogen) atoms. The summed E-state index contributed by atoms with van der Waals surface area (Å²) in [6.07, 6.45) is 2.39. The van der Waals surface area contributed by atoms with E-state index in [0.717, 1.165) is 6.08 Å². The minimum Gasteiger partial charge on any atom is -0.386 e. The van der Waals surface area contributed by atoms with Gasteiger partial charge >= 0.3 is 0 Å². The quantitative estimate of drug-likeness (QED) is 0.284. The van der Waals surface area contributed by atoms with Gasteiger partial charge in [0, 0.05) is 6.08 Å². The van der Waals surface area contributed by atoms with Crippen molar-refractivity contribution >= 4 is 11.9 Å². The van der Waals surface area contributed by atoms with Crippen LogP contribution in [0, 0.1) is 10.1 Å². The van der Waals surface area contributed by atoms with Gasteiger partial charge in [-0.1, -0.05) is 6.58 Å². The van der Waals surface area contributed by atoms with E-state index in [2.05, 4.69) is 17.4 Å². The molecule has 0 amide bonds. The molecule has 0 aliphatic rings. The maximum Gasteiger partial charge on any atom is 0.262 e. The van der Waals surface area contributed by atoms with E-state index >= 15 is 0 Å². The van der Waals surface area contributed by atoms with E-state index in [4.69, 9.17) is 11.9 Å². The highest BCUT2D eigenvalue weighted by atomic mass is 35.5. The zero-order valence-electron chi connectivity index (χ0n) is 5.62. The van der Waals surface area contributed by atoms with Gasteiger partial charge in [-0.25, -0.2) is 0 Å². The van der Waals surface area contributed by atoms with Crippen LogP contribution in [0.15, 0.2) is 36.8 Å². The predicted molar refractivity (Wildman–Crippen MR) is 41.4 cm³/mol. The summed E-state index contributed by atoms with van der Waals surface area (Å²) in [6, 6.07) is 0. The molecule has 0 saturated heterocycles. The Bertz CT molecular complexity index is 222. The van der Waals surface area contributed by atoms with E-state index in [1.165, 1.54) is 6.08 Å². The molecule has 4 nitrogen and oxygen atoms in total. The molecule has 0 saturated carbocycles. The van der Waals surface area contributed by atoms with Crippen LogP contribution in [-0.4, -0.2) is 4.92 Å². The third kappa shape index (κ3) is 4.16. The standard InChI is InChI=1S/C6H6ClNO3/c1-5(8(9)10)3-4-6(2)11-7/h3-4H,1-2H2/b4-3-. The molecule has 0 radical (unpaired) electrons. The van der Waals surface area contributed by atoms with E-state index < -0.39 is 4.92 Å². The molecule has 0 atom stereocenters. The van der Waals surface area contributed by atoms with Crippen molar-refractivity contribution in [2.75, 3.05) is 0 Å².